The van der Waals surface area contributed by atoms with Crippen molar-refractivity contribution in [3.63, 3.8) is 0 Å². The molecule has 0 saturated carbocycles. The standard InChI is InChI=1S/C24H18N6S2/c1-2-8-16-15(7-1)25-21(13-31-23-27-17-9-3-4-10-18(17)28-23)22(26-16)14-32-24-29-19-11-5-6-12-20(19)30-24/h1-12H,13-14H2,(H,27,28)(H,29,30). The zero-order valence-corrected chi connectivity index (χ0v) is 18.6. The number of hydrogen-bond donors (Lipinski definition) is 2. The smallest absolute Gasteiger partial charge is 0.166 e. The van der Waals surface area contributed by atoms with Gasteiger partial charge >= 0.3 is 0 Å². The maximum absolute atomic E-state index is 4.93. The van der Waals surface area contributed by atoms with Crippen LogP contribution in [0.25, 0.3) is 33.1 Å². The number of nitrogens with one attached hydrogen (secondary N) is 2. The van der Waals surface area contributed by atoms with E-state index in [0.29, 0.717) is 11.5 Å². The van der Waals surface area contributed by atoms with E-state index in [1.165, 1.54) is 0 Å². The van der Waals surface area contributed by atoms with Crippen molar-refractivity contribution in [2.24, 2.45) is 0 Å². The van der Waals surface area contributed by atoms with Crippen LogP contribution in [-0.2, 0) is 11.5 Å². The summed E-state index contributed by atoms with van der Waals surface area (Å²) in [6.45, 7) is 0. The lowest BCUT2D eigenvalue weighted by Crippen LogP contribution is -2.01. The van der Waals surface area contributed by atoms with Gasteiger partial charge in [-0.1, -0.05) is 59.9 Å². The van der Waals surface area contributed by atoms with Gasteiger partial charge in [0.25, 0.3) is 0 Å². The fraction of sp³-hybridized carbons (Fsp3) is 0.0833. The summed E-state index contributed by atoms with van der Waals surface area (Å²) >= 11 is 3.29. The van der Waals surface area contributed by atoms with Crippen LogP contribution in [0.15, 0.2) is 83.1 Å². The zero-order valence-electron chi connectivity index (χ0n) is 16.9. The molecule has 8 heteroatoms. The zero-order chi connectivity index (χ0) is 21.3. The first-order valence-electron chi connectivity index (χ1n) is 10.2. The van der Waals surface area contributed by atoms with E-state index in [1.54, 1.807) is 23.5 Å². The Labute approximate surface area is 192 Å². The molecule has 0 aliphatic carbocycles. The van der Waals surface area contributed by atoms with Crippen LogP contribution in [0.2, 0.25) is 0 Å². The normalized spacial score (nSPS) is 11.6. The third-order valence-electron chi connectivity index (χ3n) is 5.15. The number of hydrogen-bond acceptors (Lipinski definition) is 6. The molecule has 0 aliphatic rings. The van der Waals surface area contributed by atoms with Crippen molar-refractivity contribution in [2.45, 2.75) is 21.8 Å². The molecule has 0 bridgehead atoms. The Morgan fingerprint density at radius 2 is 0.906 bits per heavy atom. The molecule has 0 amide bonds. The Bertz CT molecular complexity index is 1370. The summed E-state index contributed by atoms with van der Waals surface area (Å²) in [6.07, 6.45) is 0. The molecule has 156 valence electrons. The molecule has 3 aromatic heterocycles. The predicted molar refractivity (Wildman–Crippen MR) is 131 cm³/mol. The highest BCUT2D eigenvalue weighted by Gasteiger charge is 2.13. The van der Waals surface area contributed by atoms with Gasteiger partial charge in [-0.2, -0.15) is 0 Å². The van der Waals surface area contributed by atoms with Crippen molar-refractivity contribution in [1.29, 1.82) is 0 Å². The number of imidazole rings is 2. The van der Waals surface area contributed by atoms with E-state index >= 15 is 0 Å². The lowest BCUT2D eigenvalue weighted by atomic mass is 10.2. The minimum atomic E-state index is 0.688. The van der Waals surface area contributed by atoms with E-state index in [0.717, 1.165) is 54.8 Å². The Hall–Kier alpha value is -3.36. The molecule has 2 N–H and O–H groups in total. The van der Waals surface area contributed by atoms with E-state index in [2.05, 4.69) is 19.9 Å². The van der Waals surface area contributed by atoms with E-state index in [-0.39, 0.29) is 0 Å². The molecule has 0 spiro atoms. The average molecular weight is 455 g/mol. The molecule has 0 saturated heterocycles. The number of nitrogens with zero attached hydrogens (tertiary/aromatic N) is 4. The summed E-state index contributed by atoms with van der Waals surface area (Å²) < 4.78 is 0. The van der Waals surface area contributed by atoms with Gasteiger partial charge in [-0.15, -0.1) is 0 Å². The fourth-order valence-corrected chi connectivity index (χ4v) is 5.27. The van der Waals surface area contributed by atoms with Gasteiger partial charge in [0, 0.05) is 11.5 Å². The molecule has 0 unspecified atom stereocenters. The van der Waals surface area contributed by atoms with Crippen LogP contribution in [0.5, 0.6) is 0 Å². The molecule has 0 fully saturated rings. The van der Waals surface area contributed by atoms with Crippen LogP contribution >= 0.6 is 23.5 Å². The number of H-pyrrole nitrogens is 2. The highest BCUT2D eigenvalue weighted by molar-refractivity contribution is 7.98. The van der Waals surface area contributed by atoms with Gasteiger partial charge in [-0.3, -0.25) is 0 Å². The second kappa shape index (κ2) is 8.29. The minimum Gasteiger partial charge on any atom is -0.333 e. The van der Waals surface area contributed by atoms with E-state index in [1.807, 2.05) is 72.8 Å². The highest BCUT2D eigenvalue weighted by Crippen LogP contribution is 2.28. The summed E-state index contributed by atoms with van der Waals surface area (Å²) in [5.41, 5.74) is 7.78. The topological polar surface area (TPSA) is 83.1 Å². The maximum Gasteiger partial charge on any atom is 0.166 e. The van der Waals surface area contributed by atoms with Crippen molar-refractivity contribution in [1.82, 2.24) is 29.9 Å². The Morgan fingerprint density at radius 3 is 1.34 bits per heavy atom. The lowest BCUT2D eigenvalue weighted by molar-refractivity contribution is 1.04. The largest absolute Gasteiger partial charge is 0.333 e. The Morgan fingerprint density at radius 1 is 0.500 bits per heavy atom. The van der Waals surface area contributed by atoms with Crippen LogP contribution in [0, 0.1) is 0 Å². The molecule has 32 heavy (non-hydrogen) atoms. The average Bonchev–Trinajstić information content (AvgIpc) is 3.44. The molecule has 0 radical (unpaired) electrons. The summed E-state index contributed by atoms with van der Waals surface area (Å²) in [6, 6.07) is 24.1. The molecular formula is C24H18N6S2. The van der Waals surface area contributed by atoms with Crippen LogP contribution in [0.1, 0.15) is 11.4 Å². The van der Waals surface area contributed by atoms with Crippen LogP contribution in [-0.4, -0.2) is 29.9 Å². The van der Waals surface area contributed by atoms with Gasteiger partial charge in [0.1, 0.15) is 0 Å². The van der Waals surface area contributed by atoms with Gasteiger partial charge in [0.2, 0.25) is 0 Å². The Kier molecular flexibility index (Phi) is 5.01. The number of rotatable bonds is 6. The van der Waals surface area contributed by atoms with Crippen molar-refractivity contribution in [3.05, 3.63) is 84.2 Å². The van der Waals surface area contributed by atoms with Gasteiger partial charge in [0.05, 0.1) is 44.5 Å². The van der Waals surface area contributed by atoms with Crippen molar-refractivity contribution >= 4 is 56.6 Å². The number of para-hydroxylation sites is 6. The van der Waals surface area contributed by atoms with Crippen molar-refractivity contribution in [3.8, 4) is 0 Å². The lowest BCUT2D eigenvalue weighted by Gasteiger charge is -2.08. The van der Waals surface area contributed by atoms with Gasteiger partial charge in [-0.25, -0.2) is 19.9 Å². The Balaban J connectivity index is 1.28. The highest BCUT2D eigenvalue weighted by atomic mass is 32.2. The monoisotopic (exact) mass is 454 g/mol. The van der Waals surface area contributed by atoms with Crippen molar-refractivity contribution in [2.75, 3.05) is 0 Å². The summed E-state index contributed by atoms with van der Waals surface area (Å²) in [5.74, 6) is 1.38. The number of aromatic nitrogens is 6. The second-order valence-electron chi connectivity index (χ2n) is 7.30. The van der Waals surface area contributed by atoms with Gasteiger partial charge in [0.15, 0.2) is 10.3 Å². The van der Waals surface area contributed by atoms with E-state index in [4.69, 9.17) is 9.97 Å². The molecule has 3 aromatic carbocycles. The first-order chi connectivity index (χ1) is 15.8. The van der Waals surface area contributed by atoms with Crippen molar-refractivity contribution < 1.29 is 0 Å². The van der Waals surface area contributed by atoms with Crippen LogP contribution in [0.4, 0.5) is 0 Å². The molecule has 6 aromatic rings. The van der Waals surface area contributed by atoms with Crippen LogP contribution in [0.3, 0.4) is 0 Å². The third-order valence-corrected chi connectivity index (χ3v) is 6.92. The predicted octanol–water partition coefficient (Wildman–Crippen LogP) is 5.97. The summed E-state index contributed by atoms with van der Waals surface area (Å²) in [4.78, 5) is 26.0. The van der Waals surface area contributed by atoms with E-state index < -0.39 is 0 Å². The second-order valence-corrected chi connectivity index (χ2v) is 9.23. The minimum absolute atomic E-state index is 0.688. The first kappa shape index (κ1) is 19.3. The molecule has 6 nitrogen and oxygen atoms in total. The summed E-state index contributed by atoms with van der Waals surface area (Å²) in [7, 11) is 0. The third kappa shape index (κ3) is 3.83. The number of thioether (sulfide) groups is 2. The van der Waals surface area contributed by atoms with Gasteiger partial charge in [-0.05, 0) is 36.4 Å². The molecular weight excluding hydrogens is 436 g/mol. The molecule has 0 atom stereocenters. The SMILES string of the molecule is c1ccc2nc(CSc3nc4ccccc4[nH]3)c(CSc3nc4ccccc4[nH]3)nc2c1. The molecule has 0 aliphatic heterocycles. The number of fused-ring (bicyclic) bond motifs is 3. The summed E-state index contributed by atoms with van der Waals surface area (Å²) in [5, 5.41) is 1.77. The maximum atomic E-state index is 4.93. The van der Waals surface area contributed by atoms with E-state index in [9.17, 15) is 0 Å². The number of aromatic amines is 2. The van der Waals surface area contributed by atoms with Crippen LogP contribution < -0.4 is 0 Å². The molecule has 6 rings (SSSR count). The van der Waals surface area contributed by atoms with Gasteiger partial charge < -0.3 is 9.97 Å². The first-order valence-corrected chi connectivity index (χ1v) is 12.2. The molecule has 3 heterocycles. The fourth-order valence-electron chi connectivity index (χ4n) is 3.57. The quantitative estimate of drug-likeness (QED) is 0.302. The number of benzene rings is 3.